The first-order valence-corrected chi connectivity index (χ1v) is 4.07. The quantitative estimate of drug-likeness (QED) is 0.705. The van der Waals surface area contributed by atoms with Crippen LogP contribution in [0.25, 0.3) is 0 Å². The molecule has 0 radical (unpaired) electrons. The second-order valence-electron chi connectivity index (χ2n) is 2.34. The molecule has 0 spiro atoms. The maximum Gasteiger partial charge on any atom is 0.0319 e. The average molecular weight is 167 g/mol. The van der Waals surface area contributed by atoms with E-state index in [0.717, 1.165) is 20.1 Å². The normalized spacial score (nSPS) is 8.58. The molecule has 0 atom stereocenters. The van der Waals surface area contributed by atoms with Gasteiger partial charge >= 0.3 is 0 Å². The van der Waals surface area contributed by atoms with Crippen LogP contribution < -0.4 is 5.32 Å². The van der Waals surface area contributed by atoms with E-state index in [1.807, 2.05) is 13.1 Å². The van der Waals surface area contributed by atoms with E-state index < -0.39 is 0 Å². The Morgan fingerprint density at radius 1 is 1.17 bits per heavy atom. The number of aliphatic hydroxyl groups is 1. The van der Waals surface area contributed by atoms with E-state index in [1.54, 1.807) is 0 Å². The first-order valence-electron chi connectivity index (χ1n) is 4.07. The van der Waals surface area contributed by atoms with Gasteiger partial charge in [0.25, 0.3) is 0 Å². The van der Waals surface area contributed by atoms with Gasteiger partial charge in [-0.3, -0.25) is 0 Å². The molecule has 0 aliphatic carbocycles. The third-order valence-corrected chi connectivity index (χ3v) is 1.51. The van der Waals surface area contributed by atoms with E-state index >= 15 is 0 Å². The van der Waals surface area contributed by atoms with Crippen molar-refractivity contribution in [1.29, 1.82) is 0 Å². The first-order chi connectivity index (χ1) is 5.93. The zero-order valence-corrected chi connectivity index (χ0v) is 7.75. The van der Waals surface area contributed by atoms with Gasteiger partial charge in [-0.1, -0.05) is 30.3 Å². The second-order valence-corrected chi connectivity index (χ2v) is 2.34. The molecule has 0 unspecified atom stereocenters. The molecule has 0 bridgehead atoms. The SMILES string of the molecule is CNCCc1ccccc1.CO. The Labute approximate surface area is 74.2 Å². The summed E-state index contributed by atoms with van der Waals surface area (Å²) in [5, 5.41) is 10.1. The Bertz CT molecular complexity index is 174. The molecule has 2 heteroatoms. The summed E-state index contributed by atoms with van der Waals surface area (Å²) in [6.45, 7) is 1.06. The monoisotopic (exact) mass is 167 g/mol. The summed E-state index contributed by atoms with van der Waals surface area (Å²) in [7, 11) is 2.98. The molecule has 0 saturated carbocycles. The zero-order chi connectivity index (χ0) is 9.23. The highest BCUT2D eigenvalue weighted by atomic mass is 16.2. The number of rotatable bonds is 3. The number of nitrogens with one attached hydrogen (secondary N) is 1. The fourth-order valence-corrected chi connectivity index (χ4v) is 0.914. The summed E-state index contributed by atoms with van der Waals surface area (Å²) >= 11 is 0. The van der Waals surface area contributed by atoms with Crippen LogP contribution in [0.5, 0.6) is 0 Å². The summed E-state index contributed by atoms with van der Waals surface area (Å²) in [5.74, 6) is 0. The first kappa shape index (κ1) is 11.1. The van der Waals surface area contributed by atoms with Crippen LogP contribution in [0.15, 0.2) is 30.3 Å². The Balaban J connectivity index is 0.000000561. The van der Waals surface area contributed by atoms with Crippen LogP contribution in [0, 0.1) is 0 Å². The molecule has 0 saturated heterocycles. The number of hydrogen-bond donors (Lipinski definition) is 2. The average Bonchev–Trinajstić information content (AvgIpc) is 2.19. The summed E-state index contributed by atoms with van der Waals surface area (Å²) in [6.07, 6.45) is 1.12. The van der Waals surface area contributed by atoms with Crippen LogP contribution in [0.2, 0.25) is 0 Å². The minimum Gasteiger partial charge on any atom is -0.400 e. The number of likely N-dealkylation sites (N-methyl/N-ethyl adjacent to an activating group) is 1. The van der Waals surface area contributed by atoms with Crippen LogP contribution in [0.3, 0.4) is 0 Å². The van der Waals surface area contributed by atoms with E-state index in [9.17, 15) is 0 Å². The molecule has 0 aliphatic heterocycles. The van der Waals surface area contributed by atoms with Gasteiger partial charge in [0.05, 0.1) is 0 Å². The molecule has 0 heterocycles. The summed E-state index contributed by atoms with van der Waals surface area (Å²) in [6, 6.07) is 10.5. The maximum atomic E-state index is 7.00. The molecular weight excluding hydrogens is 150 g/mol. The number of benzene rings is 1. The third kappa shape index (κ3) is 4.88. The van der Waals surface area contributed by atoms with Crippen molar-refractivity contribution in [3.8, 4) is 0 Å². The smallest absolute Gasteiger partial charge is 0.0319 e. The fourth-order valence-electron chi connectivity index (χ4n) is 0.914. The van der Waals surface area contributed by atoms with E-state index in [0.29, 0.717) is 0 Å². The fraction of sp³-hybridized carbons (Fsp3) is 0.400. The van der Waals surface area contributed by atoms with Gasteiger partial charge in [-0.15, -0.1) is 0 Å². The van der Waals surface area contributed by atoms with Crippen LogP contribution in [-0.2, 0) is 6.42 Å². The van der Waals surface area contributed by atoms with Gasteiger partial charge in [0.1, 0.15) is 0 Å². The predicted octanol–water partition coefficient (Wildman–Crippen LogP) is 1.06. The Hall–Kier alpha value is -0.860. The summed E-state index contributed by atoms with van der Waals surface area (Å²) in [4.78, 5) is 0. The van der Waals surface area contributed by atoms with Crippen molar-refractivity contribution >= 4 is 0 Å². The van der Waals surface area contributed by atoms with Crippen LogP contribution in [0.1, 0.15) is 5.56 Å². The lowest BCUT2D eigenvalue weighted by atomic mass is 10.2. The Morgan fingerprint density at radius 2 is 1.75 bits per heavy atom. The minimum atomic E-state index is 1.00. The Kier molecular flexibility index (Phi) is 7.65. The van der Waals surface area contributed by atoms with E-state index in [2.05, 4.69) is 29.6 Å². The highest BCUT2D eigenvalue weighted by Crippen LogP contribution is 1.97. The van der Waals surface area contributed by atoms with Gasteiger partial charge in [-0.25, -0.2) is 0 Å². The van der Waals surface area contributed by atoms with Crippen molar-refractivity contribution in [2.45, 2.75) is 6.42 Å². The standard InChI is InChI=1S/C9H13N.CH4O/c1-10-8-7-9-5-3-2-4-6-9;1-2/h2-6,10H,7-8H2,1H3;2H,1H3. The lowest BCUT2D eigenvalue weighted by Gasteiger charge is -1.97. The molecule has 12 heavy (non-hydrogen) atoms. The summed E-state index contributed by atoms with van der Waals surface area (Å²) in [5.41, 5.74) is 1.40. The molecule has 2 nitrogen and oxygen atoms in total. The van der Waals surface area contributed by atoms with Gasteiger partial charge in [-0.05, 0) is 25.6 Å². The molecule has 1 rings (SSSR count). The van der Waals surface area contributed by atoms with Crippen LogP contribution in [0.4, 0.5) is 0 Å². The lowest BCUT2D eigenvalue weighted by Crippen LogP contribution is -2.09. The molecule has 0 aliphatic rings. The van der Waals surface area contributed by atoms with E-state index in [4.69, 9.17) is 5.11 Å². The van der Waals surface area contributed by atoms with Crippen molar-refractivity contribution in [1.82, 2.24) is 5.32 Å². The van der Waals surface area contributed by atoms with Crippen molar-refractivity contribution in [2.24, 2.45) is 0 Å². The van der Waals surface area contributed by atoms with Gasteiger partial charge in [0.2, 0.25) is 0 Å². The summed E-state index contributed by atoms with van der Waals surface area (Å²) < 4.78 is 0. The van der Waals surface area contributed by atoms with Gasteiger partial charge in [0.15, 0.2) is 0 Å². The molecule has 1 aromatic rings. The van der Waals surface area contributed by atoms with E-state index in [1.165, 1.54) is 5.56 Å². The van der Waals surface area contributed by atoms with Gasteiger partial charge in [0, 0.05) is 7.11 Å². The van der Waals surface area contributed by atoms with E-state index in [-0.39, 0.29) is 0 Å². The largest absolute Gasteiger partial charge is 0.400 e. The molecule has 68 valence electrons. The molecular formula is C10H17NO. The van der Waals surface area contributed by atoms with Crippen molar-refractivity contribution in [3.05, 3.63) is 35.9 Å². The lowest BCUT2D eigenvalue weighted by molar-refractivity contribution is 0.399. The zero-order valence-electron chi connectivity index (χ0n) is 7.75. The highest BCUT2D eigenvalue weighted by molar-refractivity contribution is 5.14. The van der Waals surface area contributed by atoms with Gasteiger partial charge in [-0.2, -0.15) is 0 Å². The topological polar surface area (TPSA) is 32.3 Å². The highest BCUT2D eigenvalue weighted by Gasteiger charge is 1.86. The molecule has 2 N–H and O–H groups in total. The second kappa shape index (κ2) is 8.24. The van der Waals surface area contributed by atoms with Crippen molar-refractivity contribution in [3.63, 3.8) is 0 Å². The third-order valence-electron chi connectivity index (χ3n) is 1.51. The Morgan fingerprint density at radius 3 is 2.25 bits per heavy atom. The van der Waals surface area contributed by atoms with Crippen molar-refractivity contribution in [2.75, 3.05) is 20.7 Å². The van der Waals surface area contributed by atoms with Crippen molar-refractivity contribution < 1.29 is 5.11 Å². The predicted molar refractivity (Wildman–Crippen MR) is 52.2 cm³/mol. The number of hydrogen-bond acceptors (Lipinski definition) is 2. The molecule has 1 aromatic carbocycles. The maximum absolute atomic E-state index is 7.00. The number of aliphatic hydroxyl groups excluding tert-OH is 1. The van der Waals surface area contributed by atoms with Gasteiger partial charge < -0.3 is 10.4 Å². The van der Waals surface area contributed by atoms with Crippen LogP contribution >= 0.6 is 0 Å². The molecule has 0 aromatic heterocycles. The minimum absolute atomic E-state index is 1.00. The molecule has 0 amide bonds. The van der Waals surface area contributed by atoms with Crippen LogP contribution in [-0.4, -0.2) is 25.8 Å². The molecule has 0 fully saturated rings.